The molecule has 0 heterocycles. The molecule has 0 saturated heterocycles. The molecule has 2 atom stereocenters. The van der Waals surface area contributed by atoms with E-state index in [0.717, 1.165) is 6.42 Å². The maximum atomic E-state index is 4.40. The lowest BCUT2D eigenvalue weighted by molar-refractivity contribution is 0.374. The molecular formula is C20H28. The molecule has 2 rings (SSSR count). The van der Waals surface area contributed by atoms with Crippen LogP contribution >= 0.6 is 0 Å². The number of rotatable bonds is 5. The second kappa shape index (κ2) is 5.24. The Labute approximate surface area is 124 Å². The second-order valence-electron chi connectivity index (χ2n) is 6.53. The van der Waals surface area contributed by atoms with Gasteiger partial charge in [0.05, 0.1) is 0 Å². The molecule has 0 aromatic heterocycles. The van der Waals surface area contributed by atoms with Crippen LogP contribution in [0.2, 0.25) is 0 Å². The SMILES string of the molecule is C=C1C(C)(CCc2ccc(C)cc2)C1(CC)C(C)=CC. The first-order valence-corrected chi connectivity index (χ1v) is 7.81. The topological polar surface area (TPSA) is 0 Å². The molecule has 108 valence electrons. The molecule has 0 nitrogen and oxygen atoms in total. The van der Waals surface area contributed by atoms with E-state index in [4.69, 9.17) is 0 Å². The van der Waals surface area contributed by atoms with Gasteiger partial charge in [-0.15, -0.1) is 0 Å². The van der Waals surface area contributed by atoms with Gasteiger partial charge in [0.15, 0.2) is 0 Å². The van der Waals surface area contributed by atoms with Gasteiger partial charge in [-0.25, -0.2) is 0 Å². The Kier molecular flexibility index (Phi) is 3.95. The van der Waals surface area contributed by atoms with E-state index in [1.54, 1.807) is 0 Å². The molecular weight excluding hydrogens is 240 g/mol. The molecule has 1 aliphatic carbocycles. The van der Waals surface area contributed by atoms with Gasteiger partial charge in [-0.3, -0.25) is 0 Å². The summed E-state index contributed by atoms with van der Waals surface area (Å²) < 4.78 is 0. The van der Waals surface area contributed by atoms with E-state index in [-0.39, 0.29) is 10.8 Å². The van der Waals surface area contributed by atoms with E-state index >= 15 is 0 Å². The van der Waals surface area contributed by atoms with Gasteiger partial charge in [0, 0.05) is 10.8 Å². The minimum Gasteiger partial charge on any atom is -0.0983 e. The van der Waals surface area contributed by atoms with Crippen LogP contribution in [0, 0.1) is 17.8 Å². The van der Waals surface area contributed by atoms with Gasteiger partial charge in [0.1, 0.15) is 0 Å². The normalized spacial score (nSPS) is 29.6. The summed E-state index contributed by atoms with van der Waals surface area (Å²) in [5.74, 6) is 0. The second-order valence-corrected chi connectivity index (χ2v) is 6.53. The van der Waals surface area contributed by atoms with Crippen molar-refractivity contribution in [3.05, 3.63) is 59.2 Å². The zero-order valence-corrected chi connectivity index (χ0v) is 13.7. The molecule has 0 N–H and O–H groups in total. The molecule has 20 heavy (non-hydrogen) atoms. The molecule has 0 radical (unpaired) electrons. The highest BCUT2D eigenvalue weighted by Crippen LogP contribution is 2.75. The zero-order chi connectivity index (χ0) is 15.0. The smallest absolute Gasteiger partial charge is 0.0209 e. The number of hydrogen-bond acceptors (Lipinski definition) is 0. The maximum Gasteiger partial charge on any atom is 0.0209 e. The van der Waals surface area contributed by atoms with Crippen molar-refractivity contribution in [1.29, 1.82) is 0 Å². The van der Waals surface area contributed by atoms with Crippen LogP contribution in [0.3, 0.4) is 0 Å². The van der Waals surface area contributed by atoms with Crippen LogP contribution < -0.4 is 0 Å². The molecule has 1 saturated carbocycles. The first-order valence-electron chi connectivity index (χ1n) is 7.81. The Hall–Kier alpha value is -1.30. The van der Waals surface area contributed by atoms with Crippen LogP contribution in [0.5, 0.6) is 0 Å². The molecule has 0 bridgehead atoms. The van der Waals surface area contributed by atoms with E-state index in [1.165, 1.54) is 35.1 Å². The van der Waals surface area contributed by atoms with E-state index in [0.29, 0.717) is 0 Å². The Morgan fingerprint density at radius 1 is 1.25 bits per heavy atom. The highest BCUT2D eigenvalue weighted by atomic mass is 14.7. The van der Waals surface area contributed by atoms with E-state index in [9.17, 15) is 0 Å². The lowest BCUT2D eigenvalue weighted by Gasteiger charge is -2.21. The molecule has 1 aliphatic rings. The number of aryl methyl sites for hydroxylation is 2. The largest absolute Gasteiger partial charge is 0.0983 e. The van der Waals surface area contributed by atoms with Crippen LogP contribution in [0.15, 0.2) is 48.1 Å². The highest BCUT2D eigenvalue weighted by Gasteiger charge is 2.66. The van der Waals surface area contributed by atoms with Crippen molar-refractivity contribution < 1.29 is 0 Å². The van der Waals surface area contributed by atoms with Crippen molar-refractivity contribution in [2.75, 3.05) is 0 Å². The highest BCUT2D eigenvalue weighted by molar-refractivity contribution is 5.51. The predicted octanol–water partition coefficient (Wildman–Crippen LogP) is 5.87. The Morgan fingerprint density at radius 3 is 2.35 bits per heavy atom. The van der Waals surface area contributed by atoms with Crippen molar-refractivity contribution in [3.63, 3.8) is 0 Å². The van der Waals surface area contributed by atoms with E-state index in [2.05, 4.69) is 71.5 Å². The summed E-state index contributed by atoms with van der Waals surface area (Å²) >= 11 is 0. The van der Waals surface area contributed by atoms with Gasteiger partial charge in [0.25, 0.3) is 0 Å². The summed E-state index contributed by atoms with van der Waals surface area (Å²) in [6, 6.07) is 8.95. The lowest BCUT2D eigenvalue weighted by atomic mass is 9.82. The summed E-state index contributed by atoms with van der Waals surface area (Å²) in [4.78, 5) is 0. The Morgan fingerprint density at radius 2 is 1.85 bits per heavy atom. The van der Waals surface area contributed by atoms with Crippen LogP contribution in [0.25, 0.3) is 0 Å². The maximum absolute atomic E-state index is 4.40. The fourth-order valence-electron chi connectivity index (χ4n) is 4.06. The first kappa shape index (κ1) is 15.1. The molecule has 0 spiro atoms. The average Bonchev–Trinajstić information content (AvgIpc) is 2.94. The summed E-state index contributed by atoms with van der Waals surface area (Å²) in [6.45, 7) is 15.7. The third-order valence-electron chi connectivity index (χ3n) is 5.73. The van der Waals surface area contributed by atoms with Crippen LogP contribution in [0.1, 0.15) is 51.7 Å². The summed E-state index contributed by atoms with van der Waals surface area (Å²) in [7, 11) is 0. The quantitative estimate of drug-likeness (QED) is 0.586. The van der Waals surface area contributed by atoms with Crippen LogP contribution in [-0.4, -0.2) is 0 Å². The zero-order valence-electron chi connectivity index (χ0n) is 13.7. The Bertz CT molecular complexity index is 532. The summed E-state index contributed by atoms with van der Waals surface area (Å²) in [5.41, 5.74) is 6.25. The van der Waals surface area contributed by atoms with Crippen LogP contribution in [0.4, 0.5) is 0 Å². The van der Waals surface area contributed by atoms with Gasteiger partial charge in [-0.1, -0.05) is 67.5 Å². The number of allylic oxidation sites excluding steroid dienone is 3. The van der Waals surface area contributed by atoms with Crippen molar-refractivity contribution in [2.45, 2.75) is 53.9 Å². The molecule has 1 fully saturated rings. The minimum absolute atomic E-state index is 0.256. The van der Waals surface area contributed by atoms with Crippen molar-refractivity contribution >= 4 is 0 Å². The minimum atomic E-state index is 0.256. The van der Waals surface area contributed by atoms with E-state index < -0.39 is 0 Å². The number of hydrogen-bond donors (Lipinski definition) is 0. The average molecular weight is 268 g/mol. The fraction of sp³-hybridized carbons (Fsp3) is 0.500. The predicted molar refractivity (Wildman–Crippen MR) is 88.9 cm³/mol. The van der Waals surface area contributed by atoms with Crippen molar-refractivity contribution in [1.82, 2.24) is 0 Å². The third kappa shape index (κ3) is 2.06. The van der Waals surface area contributed by atoms with Crippen molar-refractivity contribution in [2.24, 2.45) is 10.8 Å². The third-order valence-corrected chi connectivity index (χ3v) is 5.73. The lowest BCUT2D eigenvalue weighted by Crippen LogP contribution is -2.13. The van der Waals surface area contributed by atoms with Crippen molar-refractivity contribution in [3.8, 4) is 0 Å². The molecule has 2 unspecified atom stereocenters. The van der Waals surface area contributed by atoms with Gasteiger partial charge < -0.3 is 0 Å². The summed E-state index contributed by atoms with van der Waals surface area (Å²) in [6.07, 6.45) is 5.79. The fourth-order valence-corrected chi connectivity index (χ4v) is 4.06. The molecule has 1 aromatic rings. The van der Waals surface area contributed by atoms with Gasteiger partial charge in [-0.05, 0) is 45.6 Å². The van der Waals surface area contributed by atoms with Gasteiger partial charge in [0.2, 0.25) is 0 Å². The molecule has 0 heteroatoms. The Balaban J connectivity index is 2.13. The molecule has 0 aliphatic heterocycles. The standard InChI is InChI=1S/C20H28/c1-7-16(4)20(8-2)17(5)19(20,6)14-13-18-11-9-15(3)10-12-18/h7,9-12H,5,8,13-14H2,1-4,6H3. The van der Waals surface area contributed by atoms with Crippen LogP contribution in [-0.2, 0) is 6.42 Å². The monoisotopic (exact) mass is 268 g/mol. The summed E-state index contributed by atoms with van der Waals surface area (Å²) in [5, 5.41) is 0. The molecule has 0 amide bonds. The van der Waals surface area contributed by atoms with E-state index in [1.807, 2.05) is 0 Å². The van der Waals surface area contributed by atoms with Gasteiger partial charge >= 0.3 is 0 Å². The van der Waals surface area contributed by atoms with Gasteiger partial charge in [-0.2, -0.15) is 0 Å². The first-order chi connectivity index (χ1) is 9.42. The number of benzene rings is 1. The molecule has 1 aromatic carbocycles.